The van der Waals surface area contributed by atoms with E-state index in [1.54, 1.807) is 74.4 Å². The van der Waals surface area contributed by atoms with Crippen LogP contribution < -0.4 is 15.8 Å². The number of primary amides is 1. The average Bonchev–Trinajstić information content (AvgIpc) is 3.68. The van der Waals surface area contributed by atoms with Gasteiger partial charge in [-0.2, -0.15) is 15.3 Å². The molecular weight excluding hydrogens is 531 g/mol. The van der Waals surface area contributed by atoms with E-state index >= 15 is 0 Å². The molecule has 41 heavy (non-hydrogen) atoms. The molecule has 1 saturated heterocycles. The molecule has 3 N–H and O–H groups in total. The molecule has 5 heterocycles. The zero-order valence-electron chi connectivity index (χ0n) is 21.9. The third-order valence-electron chi connectivity index (χ3n) is 7.19. The Hall–Kier alpha value is -5.33. The Morgan fingerprint density at radius 3 is 2.66 bits per heavy atom. The van der Waals surface area contributed by atoms with Gasteiger partial charge in [0.2, 0.25) is 11.8 Å². The summed E-state index contributed by atoms with van der Waals surface area (Å²) in [5.41, 5.74) is 8.80. The second-order valence-corrected chi connectivity index (χ2v) is 9.71. The molecule has 2 atom stereocenters. The van der Waals surface area contributed by atoms with Crippen LogP contribution in [0.15, 0.2) is 67.3 Å². The van der Waals surface area contributed by atoms with Gasteiger partial charge in [0, 0.05) is 35.8 Å². The quantitative estimate of drug-likeness (QED) is 0.313. The Labute approximate surface area is 232 Å². The van der Waals surface area contributed by atoms with Crippen molar-refractivity contribution in [3.63, 3.8) is 0 Å². The Balaban J connectivity index is 1.25. The number of fused-ring (bicyclic) bond motifs is 2. The predicted molar refractivity (Wildman–Crippen MR) is 147 cm³/mol. The lowest BCUT2D eigenvalue weighted by molar-refractivity contribution is -0.137. The minimum atomic E-state index is -1.37. The number of methoxy groups -OCH3 is 1. The van der Waals surface area contributed by atoms with Gasteiger partial charge in [0.25, 0.3) is 5.91 Å². The zero-order valence-corrected chi connectivity index (χ0v) is 21.9. The first-order valence-electron chi connectivity index (χ1n) is 12.8. The maximum absolute atomic E-state index is 14.6. The van der Waals surface area contributed by atoms with Crippen molar-refractivity contribution in [1.82, 2.24) is 29.3 Å². The predicted octanol–water partition coefficient (Wildman–Crippen LogP) is 2.43. The first-order chi connectivity index (χ1) is 19.8. The standard InChI is InChI=1S/C28H25FN8O4/c1-41-19-5-8-35-9-6-21(23(35)12-19)33-28(40)24-11-18(29)14-36(24)25(38)15-37-22-3-2-16(17-4-7-31-32-13-17)10-20(22)26(34-37)27(30)39/h2-10,12-13,18,24H,11,14-15H2,1H3,(H2,30,39)(H,33,40). The number of ether oxygens (including phenoxy) is 1. The summed E-state index contributed by atoms with van der Waals surface area (Å²) in [5.74, 6) is -1.17. The van der Waals surface area contributed by atoms with Crippen molar-refractivity contribution in [2.24, 2.45) is 5.73 Å². The molecular formula is C28H25FN8O4. The zero-order chi connectivity index (χ0) is 28.7. The van der Waals surface area contributed by atoms with Gasteiger partial charge >= 0.3 is 0 Å². The van der Waals surface area contributed by atoms with E-state index in [1.165, 1.54) is 9.58 Å². The van der Waals surface area contributed by atoms with Crippen molar-refractivity contribution in [2.75, 3.05) is 19.0 Å². The molecule has 5 aromatic rings. The van der Waals surface area contributed by atoms with Crippen LogP contribution in [-0.4, -0.2) is 72.9 Å². The molecule has 2 unspecified atom stereocenters. The molecule has 208 valence electrons. The van der Waals surface area contributed by atoms with E-state index in [2.05, 4.69) is 20.6 Å². The minimum absolute atomic E-state index is 0.00763. The average molecular weight is 557 g/mol. The summed E-state index contributed by atoms with van der Waals surface area (Å²) in [6, 6.07) is 11.3. The highest BCUT2D eigenvalue weighted by atomic mass is 19.1. The van der Waals surface area contributed by atoms with Gasteiger partial charge in [0.05, 0.1) is 42.8 Å². The molecule has 0 spiro atoms. The molecule has 12 nitrogen and oxygen atoms in total. The van der Waals surface area contributed by atoms with Crippen LogP contribution in [0.3, 0.4) is 0 Å². The van der Waals surface area contributed by atoms with E-state index in [0.29, 0.717) is 27.9 Å². The molecule has 1 aliphatic heterocycles. The number of nitrogens with one attached hydrogen (secondary N) is 1. The topological polar surface area (TPSA) is 150 Å². The fourth-order valence-electron chi connectivity index (χ4n) is 5.18. The first kappa shape index (κ1) is 25.9. The summed E-state index contributed by atoms with van der Waals surface area (Å²) in [4.78, 5) is 40.2. The number of rotatable bonds is 7. The van der Waals surface area contributed by atoms with E-state index in [1.807, 2.05) is 4.40 Å². The van der Waals surface area contributed by atoms with Crippen LogP contribution in [0.25, 0.3) is 27.5 Å². The molecule has 0 aliphatic carbocycles. The Morgan fingerprint density at radius 1 is 1.07 bits per heavy atom. The number of pyridine rings is 1. The lowest BCUT2D eigenvalue weighted by atomic mass is 10.0. The number of carbonyl (C=O) groups excluding carboxylic acids is 3. The van der Waals surface area contributed by atoms with Gasteiger partial charge in [-0.05, 0) is 35.9 Å². The van der Waals surface area contributed by atoms with Gasteiger partial charge < -0.3 is 25.1 Å². The smallest absolute Gasteiger partial charge is 0.269 e. The molecule has 0 saturated carbocycles. The summed E-state index contributed by atoms with van der Waals surface area (Å²) in [6.45, 7) is -0.550. The van der Waals surface area contributed by atoms with Crippen molar-refractivity contribution < 1.29 is 23.5 Å². The number of halogens is 1. The van der Waals surface area contributed by atoms with E-state index in [9.17, 15) is 18.8 Å². The van der Waals surface area contributed by atoms with Gasteiger partial charge in [0.1, 0.15) is 24.5 Å². The number of hydrogen-bond donors (Lipinski definition) is 2. The van der Waals surface area contributed by atoms with Crippen LogP contribution in [0.1, 0.15) is 16.9 Å². The molecule has 0 bridgehead atoms. The van der Waals surface area contributed by atoms with E-state index < -0.39 is 29.9 Å². The number of nitrogens with two attached hydrogens (primary N) is 1. The van der Waals surface area contributed by atoms with Crippen LogP contribution >= 0.6 is 0 Å². The summed E-state index contributed by atoms with van der Waals surface area (Å²) < 4.78 is 23.0. The molecule has 0 radical (unpaired) electrons. The number of nitrogens with zero attached hydrogens (tertiary/aromatic N) is 6. The highest BCUT2D eigenvalue weighted by Crippen LogP contribution is 2.29. The fourth-order valence-corrected chi connectivity index (χ4v) is 5.18. The molecule has 13 heteroatoms. The lowest BCUT2D eigenvalue weighted by Crippen LogP contribution is -2.44. The second kappa shape index (κ2) is 10.3. The van der Waals surface area contributed by atoms with Crippen molar-refractivity contribution >= 4 is 39.8 Å². The van der Waals surface area contributed by atoms with Crippen LogP contribution in [0, 0.1) is 0 Å². The molecule has 1 fully saturated rings. The van der Waals surface area contributed by atoms with Crippen molar-refractivity contribution in [3.8, 4) is 16.9 Å². The van der Waals surface area contributed by atoms with E-state index in [-0.39, 0.29) is 25.2 Å². The third kappa shape index (κ3) is 4.81. The third-order valence-corrected chi connectivity index (χ3v) is 7.19. The first-order valence-corrected chi connectivity index (χ1v) is 12.8. The second-order valence-electron chi connectivity index (χ2n) is 9.71. The summed E-state index contributed by atoms with van der Waals surface area (Å²) in [6.07, 6.45) is 5.19. The summed E-state index contributed by atoms with van der Waals surface area (Å²) in [5, 5.41) is 15.2. The molecule has 6 rings (SSSR count). The SMILES string of the molecule is COc1ccn2ccc(NC(=O)C3CC(F)CN3C(=O)Cn3nc(C(N)=O)c4cc(-c5ccnnc5)ccc43)c2c1. The van der Waals surface area contributed by atoms with Crippen LogP contribution in [0.4, 0.5) is 10.1 Å². The number of hydrogen-bond acceptors (Lipinski definition) is 7. The number of amides is 3. The lowest BCUT2D eigenvalue weighted by Gasteiger charge is -2.23. The maximum atomic E-state index is 14.6. The van der Waals surface area contributed by atoms with Gasteiger partial charge in [-0.15, -0.1) is 0 Å². The molecule has 1 aromatic carbocycles. The number of aromatic nitrogens is 5. The van der Waals surface area contributed by atoms with Gasteiger partial charge in [-0.3, -0.25) is 19.1 Å². The number of alkyl halides is 1. The van der Waals surface area contributed by atoms with Crippen molar-refractivity contribution in [2.45, 2.75) is 25.2 Å². The van der Waals surface area contributed by atoms with Gasteiger partial charge in [-0.1, -0.05) is 6.07 Å². The van der Waals surface area contributed by atoms with E-state index in [4.69, 9.17) is 10.5 Å². The van der Waals surface area contributed by atoms with Crippen molar-refractivity contribution in [1.29, 1.82) is 0 Å². The summed E-state index contributed by atoms with van der Waals surface area (Å²) >= 11 is 0. The maximum Gasteiger partial charge on any atom is 0.269 e. The van der Waals surface area contributed by atoms with Crippen LogP contribution in [-0.2, 0) is 16.1 Å². The normalized spacial score (nSPS) is 16.8. The Bertz CT molecular complexity index is 1800. The number of anilines is 1. The van der Waals surface area contributed by atoms with Crippen LogP contribution in [0.2, 0.25) is 0 Å². The highest BCUT2D eigenvalue weighted by molar-refractivity contribution is 6.05. The largest absolute Gasteiger partial charge is 0.497 e. The van der Waals surface area contributed by atoms with E-state index in [0.717, 1.165) is 11.1 Å². The van der Waals surface area contributed by atoms with Crippen molar-refractivity contribution in [3.05, 3.63) is 72.9 Å². The Kier molecular flexibility index (Phi) is 6.53. The number of benzene rings is 1. The Morgan fingerprint density at radius 2 is 1.90 bits per heavy atom. The summed E-state index contributed by atoms with van der Waals surface area (Å²) in [7, 11) is 1.54. The molecule has 3 amide bonds. The highest BCUT2D eigenvalue weighted by Gasteiger charge is 2.40. The fraction of sp³-hybridized carbons (Fsp3) is 0.214. The number of carbonyl (C=O) groups is 3. The molecule has 1 aliphatic rings. The van der Waals surface area contributed by atoms with Crippen LogP contribution in [0.5, 0.6) is 5.75 Å². The minimum Gasteiger partial charge on any atom is -0.497 e. The number of likely N-dealkylation sites (tertiary alicyclic amines) is 1. The van der Waals surface area contributed by atoms with Gasteiger partial charge in [0.15, 0.2) is 5.69 Å². The monoisotopic (exact) mass is 556 g/mol. The van der Waals surface area contributed by atoms with Gasteiger partial charge in [-0.25, -0.2) is 4.39 Å². The molecule has 4 aromatic heterocycles.